The molecule has 69 heavy (non-hydrogen) atoms. The Kier molecular flexibility index (Phi) is 47.8. The third-order valence-corrected chi connectivity index (χ3v) is 11.3. The second-order valence-corrected chi connectivity index (χ2v) is 19.1. The zero-order valence-electron chi connectivity index (χ0n) is 44.6. The van der Waals surface area contributed by atoms with Gasteiger partial charge >= 0.3 is 11.9 Å². The first-order chi connectivity index (χ1) is 33.6. The Hall–Kier alpha value is -3.79. The second-order valence-electron chi connectivity index (χ2n) is 19.1. The highest BCUT2D eigenvalue weighted by molar-refractivity contribution is 5.70. The van der Waals surface area contributed by atoms with E-state index < -0.39 is 24.3 Å². The van der Waals surface area contributed by atoms with Crippen molar-refractivity contribution in [1.29, 1.82) is 0 Å². The molecule has 0 bridgehead atoms. The van der Waals surface area contributed by atoms with Crippen LogP contribution in [-0.4, -0.2) is 82.3 Å². The highest BCUT2D eigenvalue weighted by Crippen LogP contribution is 2.15. The van der Waals surface area contributed by atoms with Gasteiger partial charge in [0, 0.05) is 12.8 Å². The third-order valence-electron chi connectivity index (χ3n) is 11.3. The van der Waals surface area contributed by atoms with Crippen LogP contribution in [0.3, 0.4) is 0 Å². The summed E-state index contributed by atoms with van der Waals surface area (Å²) in [6.07, 6.45) is 64.7. The van der Waals surface area contributed by atoms with Crippen molar-refractivity contribution in [2.45, 2.75) is 219 Å². The molecule has 0 fully saturated rings. The van der Waals surface area contributed by atoms with E-state index in [1.807, 2.05) is 33.3 Å². The minimum atomic E-state index is -1.65. The largest absolute Gasteiger partial charge is 0.545 e. The molecular formula is C60H101NO8. The number of allylic oxidation sites excluding steroid dienone is 16. The van der Waals surface area contributed by atoms with Crippen LogP contribution in [0.25, 0.3) is 0 Å². The van der Waals surface area contributed by atoms with Gasteiger partial charge in [-0.3, -0.25) is 9.59 Å². The molecule has 9 heteroatoms. The van der Waals surface area contributed by atoms with Gasteiger partial charge in [0.1, 0.15) is 13.2 Å². The summed E-state index contributed by atoms with van der Waals surface area (Å²) in [7, 11) is 5.89. The molecule has 0 aromatic carbocycles. The Morgan fingerprint density at radius 3 is 1.29 bits per heavy atom. The lowest BCUT2D eigenvalue weighted by Gasteiger charge is -2.26. The van der Waals surface area contributed by atoms with Gasteiger partial charge in [0.25, 0.3) is 0 Å². The Balaban J connectivity index is 4.37. The average Bonchev–Trinajstić information content (AvgIpc) is 3.31. The van der Waals surface area contributed by atoms with E-state index in [0.29, 0.717) is 17.4 Å². The van der Waals surface area contributed by atoms with Crippen molar-refractivity contribution < 1.29 is 42.9 Å². The lowest BCUT2D eigenvalue weighted by atomic mass is 10.0. The first-order valence-corrected chi connectivity index (χ1v) is 27.4. The number of aliphatic carboxylic acids is 1. The average molecular weight is 964 g/mol. The zero-order valence-corrected chi connectivity index (χ0v) is 44.6. The quantitative estimate of drug-likeness (QED) is 0.0195. The molecule has 0 spiro atoms. The normalized spacial score (nSPS) is 13.6. The number of hydrogen-bond acceptors (Lipinski definition) is 8. The number of ether oxygens (including phenoxy) is 4. The Morgan fingerprint density at radius 2 is 0.855 bits per heavy atom. The molecule has 0 saturated carbocycles. The number of carboxylic acids is 1. The summed E-state index contributed by atoms with van der Waals surface area (Å²) in [4.78, 5) is 37.2. The Labute approximate surface area is 422 Å². The topological polar surface area (TPSA) is 111 Å². The van der Waals surface area contributed by atoms with E-state index in [2.05, 4.69) is 98.9 Å². The van der Waals surface area contributed by atoms with Gasteiger partial charge in [0.05, 0.1) is 40.3 Å². The summed E-state index contributed by atoms with van der Waals surface area (Å²) in [6, 6.07) is 0. The SMILES string of the molecule is CC/C=C\C/C=C\C/C=C\C/C=C\C/C=C\C/C=C\CCC(=O)OC(COC(=O)CCCCCCCCCCCCCCC/C=C\C/C=C\CCCCCCC)COC(OCC[N+](C)(C)C)C(=O)[O-]. The minimum Gasteiger partial charge on any atom is -0.545 e. The Bertz CT molecular complexity index is 1450. The molecule has 0 heterocycles. The number of esters is 2. The number of carbonyl (C=O) groups excluding carboxylic acids is 3. The van der Waals surface area contributed by atoms with E-state index in [9.17, 15) is 19.5 Å². The van der Waals surface area contributed by atoms with Crippen molar-refractivity contribution in [3.8, 4) is 0 Å². The van der Waals surface area contributed by atoms with Crippen molar-refractivity contribution in [3.63, 3.8) is 0 Å². The monoisotopic (exact) mass is 964 g/mol. The predicted molar refractivity (Wildman–Crippen MR) is 287 cm³/mol. The molecule has 0 aliphatic heterocycles. The van der Waals surface area contributed by atoms with Crippen LogP contribution in [0.2, 0.25) is 0 Å². The highest BCUT2D eigenvalue weighted by Gasteiger charge is 2.21. The molecule has 394 valence electrons. The number of unbranched alkanes of at least 4 members (excludes halogenated alkanes) is 18. The van der Waals surface area contributed by atoms with Gasteiger partial charge in [-0.25, -0.2) is 0 Å². The maximum Gasteiger partial charge on any atom is 0.306 e. The second kappa shape index (κ2) is 50.6. The molecule has 0 aliphatic rings. The number of rotatable bonds is 49. The summed E-state index contributed by atoms with van der Waals surface area (Å²) in [5, 5.41) is 11.7. The summed E-state index contributed by atoms with van der Waals surface area (Å²) in [5.74, 6) is -2.40. The van der Waals surface area contributed by atoms with Crippen molar-refractivity contribution in [1.82, 2.24) is 0 Å². The predicted octanol–water partition coefficient (Wildman–Crippen LogP) is 14.4. The van der Waals surface area contributed by atoms with Gasteiger partial charge in [-0.15, -0.1) is 0 Å². The Morgan fingerprint density at radius 1 is 0.449 bits per heavy atom. The highest BCUT2D eigenvalue weighted by atomic mass is 16.7. The maximum atomic E-state index is 12.8. The van der Waals surface area contributed by atoms with E-state index in [-0.39, 0.29) is 38.6 Å². The number of quaternary nitrogens is 1. The summed E-state index contributed by atoms with van der Waals surface area (Å²) in [6.45, 7) is 4.53. The van der Waals surface area contributed by atoms with Gasteiger partial charge in [-0.2, -0.15) is 0 Å². The molecule has 0 aromatic rings. The summed E-state index contributed by atoms with van der Waals surface area (Å²) < 4.78 is 22.6. The number of likely N-dealkylation sites (N-methyl/N-ethyl adjacent to an activating group) is 1. The van der Waals surface area contributed by atoms with Crippen LogP contribution in [0, 0.1) is 0 Å². The molecule has 0 saturated heterocycles. The summed E-state index contributed by atoms with van der Waals surface area (Å²) >= 11 is 0. The van der Waals surface area contributed by atoms with Crippen LogP contribution >= 0.6 is 0 Å². The van der Waals surface area contributed by atoms with E-state index in [1.165, 1.54) is 109 Å². The van der Waals surface area contributed by atoms with E-state index >= 15 is 0 Å². The van der Waals surface area contributed by atoms with Gasteiger partial charge in [-0.05, 0) is 83.5 Å². The molecule has 0 aliphatic carbocycles. The van der Waals surface area contributed by atoms with Crippen LogP contribution in [0.1, 0.15) is 206 Å². The number of carbonyl (C=O) groups is 3. The number of carboxylic acid groups (broad SMARTS) is 1. The third kappa shape index (κ3) is 51.9. The summed E-state index contributed by atoms with van der Waals surface area (Å²) in [5.41, 5.74) is 0. The molecule has 0 rings (SSSR count). The smallest absolute Gasteiger partial charge is 0.306 e. The van der Waals surface area contributed by atoms with Crippen molar-refractivity contribution >= 4 is 17.9 Å². The lowest BCUT2D eigenvalue weighted by Crippen LogP contribution is -2.44. The van der Waals surface area contributed by atoms with Crippen LogP contribution in [0.15, 0.2) is 97.2 Å². The van der Waals surface area contributed by atoms with Gasteiger partial charge in [-0.1, -0.05) is 207 Å². The molecule has 9 nitrogen and oxygen atoms in total. The van der Waals surface area contributed by atoms with Gasteiger partial charge in [0.2, 0.25) is 0 Å². The fraction of sp³-hybridized carbons (Fsp3) is 0.683. The lowest BCUT2D eigenvalue weighted by molar-refractivity contribution is -0.870. The van der Waals surface area contributed by atoms with Crippen LogP contribution in [0.4, 0.5) is 0 Å². The van der Waals surface area contributed by atoms with Gasteiger partial charge < -0.3 is 33.3 Å². The molecule has 2 atom stereocenters. The van der Waals surface area contributed by atoms with E-state index in [1.54, 1.807) is 0 Å². The minimum absolute atomic E-state index is 0.118. The molecular weight excluding hydrogens is 863 g/mol. The number of nitrogens with zero attached hydrogens (tertiary/aromatic N) is 1. The van der Waals surface area contributed by atoms with Crippen LogP contribution in [-0.2, 0) is 33.3 Å². The van der Waals surface area contributed by atoms with Crippen molar-refractivity contribution in [2.75, 3.05) is 47.5 Å². The fourth-order valence-electron chi connectivity index (χ4n) is 7.12. The maximum absolute atomic E-state index is 12.8. The van der Waals surface area contributed by atoms with Crippen molar-refractivity contribution in [3.05, 3.63) is 97.2 Å². The fourth-order valence-corrected chi connectivity index (χ4v) is 7.12. The zero-order chi connectivity index (χ0) is 50.6. The van der Waals surface area contributed by atoms with Gasteiger partial charge in [0.15, 0.2) is 12.4 Å². The van der Waals surface area contributed by atoms with E-state index in [0.717, 1.165) is 64.2 Å². The molecule has 0 aromatic heterocycles. The van der Waals surface area contributed by atoms with Crippen LogP contribution in [0.5, 0.6) is 0 Å². The number of hydrogen-bond donors (Lipinski definition) is 0. The molecule has 0 N–H and O–H groups in total. The first-order valence-electron chi connectivity index (χ1n) is 27.4. The molecule has 0 radical (unpaired) electrons. The van der Waals surface area contributed by atoms with E-state index in [4.69, 9.17) is 18.9 Å². The van der Waals surface area contributed by atoms with Crippen molar-refractivity contribution in [2.24, 2.45) is 0 Å². The first kappa shape index (κ1) is 65.2. The molecule has 0 amide bonds. The molecule has 2 unspecified atom stereocenters. The van der Waals surface area contributed by atoms with Crippen LogP contribution < -0.4 is 5.11 Å². The standard InChI is InChI=1S/C60H101NO8/c1-6-8-10-12-14-16-18-20-22-24-26-27-28-29-30-31-33-34-36-38-40-42-44-46-48-50-57(62)67-54-56(55-68-60(59(64)65)66-53-52-61(3,4)5)69-58(63)51-49-47-45-43-41-39-37-35-32-25-23-21-19-17-15-13-11-9-7-2/h9,11,15,17-18,20-21,23-24,26,32,35,39,41,45,47,56,60H,6-8,10,12-14,16,19,22,25,27-31,33-34,36-38,40,42-44,46,48-55H2,1-5H3/b11-9-,17-15-,20-18-,23-21-,26-24-,35-32-,41-39-,47-45-.